The van der Waals surface area contributed by atoms with Gasteiger partial charge in [0.15, 0.2) is 11.5 Å². The van der Waals surface area contributed by atoms with E-state index in [0.29, 0.717) is 24.7 Å². The number of amides is 1. The molecule has 26 heavy (non-hydrogen) atoms. The van der Waals surface area contributed by atoms with Crippen LogP contribution in [0.1, 0.15) is 35.6 Å². The first kappa shape index (κ1) is 18.0. The number of nitrogens with zero attached hydrogens (tertiary/aromatic N) is 2. The molecular weight excluding hydrogens is 332 g/mol. The minimum absolute atomic E-state index is 0.114. The molecule has 0 saturated heterocycles. The van der Waals surface area contributed by atoms with Gasteiger partial charge in [0.05, 0.1) is 13.2 Å². The number of methoxy groups -OCH3 is 1. The number of hydrogen-bond donors (Lipinski definition) is 2. The van der Waals surface area contributed by atoms with Gasteiger partial charge in [0, 0.05) is 11.3 Å². The van der Waals surface area contributed by atoms with Crippen LogP contribution >= 0.6 is 0 Å². The number of aromatic nitrogens is 2. The van der Waals surface area contributed by atoms with E-state index >= 15 is 0 Å². The van der Waals surface area contributed by atoms with Gasteiger partial charge in [-0.2, -0.15) is 0 Å². The highest BCUT2D eigenvalue weighted by Crippen LogP contribution is 2.34. The number of nitrogens with two attached hydrogens (primary N) is 1. The standard InChI is InChI=1S/C19H24N4O3/c1-11(2)7-13-9-15(23-19(20)22-13)18(24)21-14-8-12-5-4-6-16(25-3)17(12)26-10-14/h4-6,9,11,14H,7-8,10H2,1-3H3,(H,21,24)(H2,20,22,23). The van der Waals surface area contributed by atoms with Gasteiger partial charge in [-0.25, -0.2) is 9.97 Å². The highest BCUT2D eigenvalue weighted by molar-refractivity contribution is 5.92. The molecule has 2 aromatic rings. The summed E-state index contributed by atoms with van der Waals surface area (Å²) in [5, 5.41) is 2.97. The molecule has 7 nitrogen and oxygen atoms in total. The number of rotatable bonds is 5. The van der Waals surface area contributed by atoms with Crippen LogP contribution in [0.15, 0.2) is 24.3 Å². The SMILES string of the molecule is COc1cccc2c1OCC(NC(=O)c1cc(CC(C)C)nc(N)n1)C2. The Bertz CT molecular complexity index is 807. The summed E-state index contributed by atoms with van der Waals surface area (Å²) in [6.07, 6.45) is 1.41. The normalized spacial score (nSPS) is 15.9. The van der Waals surface area contributed by atoms with E-state index in [1.165, 1.54) is 0 Å². The molecule has 3 rings (SSSR count). The fourth-order valence-electron chi connectivity index (χ4n) is 3.06. The lowest BCUT2D eigenvalue weighted by molar-refractivity contribution is 0.0909. The fourth-order valence-corrected chi connectivity index (χ4v) is 3.06. The zero-order valence-corrected chi connectivity index (χ0v) is 15.3. The second-order valence-electron chi connectivity index (χ2n) is 6.83. The lowest BCUT2D eigenvalue weighted by Gasteiger charge is -2.27. The van der Waals surface area contributed by atoms with Gasteiger partial charge in [0.25, 0.3) is 5.91 Å². The number of carbonyl (C=O) groups excluding carboxylic acids is 1. The molecule has 2 heterocycles. The molecule has 1 aromatic heterocycles. The van der Waals surface area contributed by atoms with Crippen LogP contribution in [0.2, 0.25) is 0 Å². The van der Waals surface area contributed by atoms with Crippen molar-refractivity contribution in [3.05, 3.63) is 41.2 Å². The molecule has 0 bridgehead atoms. The van der Waals surface area contributed by atoms with Crippen LogP contribution in [-0.2, 0) is 12.8 Å². The largest absolute Gasteiger partial charge is 0.493 e. The molecule has 0 saturated carbocycles. The van der Waals surface area contributed by atoms with Crippen LogP contribution in [0.3, 0.4) is 0 Å². The Morgan fingerprint density at radius 3 is 2.96 bits per heavy atom. The molecule has 1 aromatic carbocycles. The van der Waals surface area contributed by atoms with Gasteiger partial charge in [-0.05, 0) is 30.9 Å². The Kier molecular flexibility index (Phi) is 5.25. The maximum absolute atomic E-state index is 12.6. The van der Waals surface area contributed by atoms with Crippen LogP contribution in [0.4, 0.5) is 5.95 Å². The van der Waals surface area contributed by atoms with Crippen LogP contribution in [0.5, 0.6) is 11.5 Å². The summed E-state index contributed by atoms with van der Waals surface area (Å²) < 4.78 is 11.1. The molecule has 0 radical (unpaired) electrons. The quantitative estimate of drug-likeness (QED) is 0.850. The van der Waals surface area contributed by atoms with Gasteiger partial charge >= 0.3 is 0 Å². The summed E-state index contributed by atoms with van der Waals surface area (Å²) in [5.41, 5.74) is 7.82. The topological polar surface area (TPSA) is 99.4 Å². The van der Waals surface area contributed by atoms with E-state index in [9.17, 15) is 4.79 Å². The van der Waals surface area contributed by atoms with Gasteiger partial charge < -0.3 is 20.5 Å². The maximum atomic E-state index is 12.6. The molecule has 0 fully saturated rings. The number of fused-ring (bicyclic) bond motifs is 1. The Morgan fingerprint density at radius 2 is 2.23 bits per heavy atom. The molecule has 1 unspecified atom stereocenters. The highest BCUT2D eigenvalue weighted by Gasteiger charge is 2.25. The van der Waals surface area contributed by atoms with E-state index in [0.717, 1.165) is 23.4 Å². The van der Waals surface area contributed by atoms with Crippen molar-refractivity contribution in [3.63, 3.8) is 0 Å². The number of anilines is 1. The van der Waals surface area contributed by atoms with E-state index in [1.54, 1.807) is 13.2 Å². The van der Waals surface area contributed by atoms with E-state index < -0.39 is 0 Å². The lowest BCUT2D eigenvalue weighted by atomic mass is 10.0. The van der Waals surface area contributed by atoms with Gasteiger partial charge in [-0.3, -0.25) is 4.79 Å². The molecular formula is C19H24N4O3. The second-order valence-corrected chi connectivity index (χ2v) is 6.83. The Morgan fingerprint density at radius 1 is 1.42 bits per heavy atom. The maximum Gasteiger partial charge on any atom is 0.270 e. The van der Waals surface area contributed by atoms with Crippen LogP contribution in [0, 0.1) is 5.92 Å². The average Bonchev–Trinajstić information content (AvgIpc) is 2.59. The average molecular weight is 356 g/mol. The molecule has 1 aliphatic heterocycles. The first-order valence-electron chi connectivity index (χ1n) is 8.69. The molecule has 138 valence electrons. The summed E-state index contributed by atoms with van der Waals surface area (Å²) in [4.78, 5) is 20.9. The summed E-state index contributed by atoms with van der Waals surface area (Å²) in [6.45, 7) is 4.55. The number of nitrogen functional groups attached to an aromatic ring is 1. The van der Waals surface area contributed by atoms with Crippen molar-refractivity contribution in [2.75, 3.05) is 19.5 Å². The van der Waals surface area contributed by atoms with E-state index in [4.69, 9.17) is 15.2 Å². The third kappa shape index (κ3) is 4.04. The number of nitrogens with one attached hydrogen (secondary N) is 1. The highest BCUT2D eigenvalue weighted by atomic mass is 16.5. The molecule has 0 aliphatic carbocycles. The van der Waals surface area contributed by atoms with Crippen LogP contribution in [-0.4, -0.2) is 35.6 Å². The number of carbonyl (C=O) groups is 1. The Balaban J connectivity index is 1.72. The van der Waals surface area contributed by atoms with E-state index in [1.807, 2.05) is 18.2 Å². The third-order valence-corrected chi connectivity index (χ3v) is 4.16. The minimum Gasteiger partial charge on any atom is -0.493 e. The lowest BCUT2D eigenvalue weighted by Crippen LogP contribution is -2.43. The predicted octanol–water partition coefficient (Wildman–Crippen LogP) is 2.00. The van der Waals surface area contributed by atoms with Gasteiger partial charge in [0.2, 0.25) is 5.95 Å². The summed E-state index contributed by atoms with van der Waals surface area (Å²) in [5.74, 6) is 1.70. The van der Waals surface area contributed by atoms with Crippen molar-refractivity contribution in [1.82, 2.24) is 15.3 Å². The van der Waals surface area contributed by atoms with Crippen molar-refractivity contribution in [3.8, 4) is 11.5 Å². The second kappa shape index (κ2) is 7.59. The van der Waals surface area contributed by atoms with Gasteiger partial charge in [-0.15, -0.1) is 0 Å². The zero-order valence-electron chi connectivity index (χ0n) is 15.3. The smallest absolute Gasteiger partial charge is 0.270 e. The van der Waals surface area contributed by atoms with Crippen molar-refractivity contribution in [2.24, 2.45) is 5.92 Å². The first-order chi connectivity index (χ1) is 12.5. The molecule has 1 amide bonds. The van der Waals surface area contributed by atoms with Crippen molar-refractivity contribution >= 4 is 11.9 Å². The number of hydrogen-bond acceptors (Lipinski definition) is 6. The number of para-hydroxylation sites is 1. The number of benzene rings is 1. The Hall–Kier alpha value is -2.83. The number of ether oxygens (including phenoxy) is 2. The summed E-state index contributed by atoms with van der Waals surface area (Å²) in [7, 11) is 1.61. The predicted molar refractivity (Wildman–Crippen MR) is 98.4 cm³/mol. The molecule has 1 aliphatic rings. The van der Waals surface area contributed by atoms with E-state index in [2.05, 4.69) is 29.1 Å². The zero-order chi connectivity index (χ0) is 18.7. The first-order valence-corrected chi connectivity index (χ1v) is 8.69. The molecule has 1 atom stereocenters. The van der Waals surface area contributed by atoms with Crippen molar-refractivity contribution < 1.29 is 14.3 Å². The molecule has 7 heteroatoms. The summed E-state index contributed by atoms with van der Waals surface area (Å²) in [6, 6.07) is 7.30. The van der Waals surface area contributed by atoms with Gasteiger partial charge in [0.1, 0.15) is 12.3 Å². The van der Waals surface area contributed by atoms with Crippen molar-refractivity contribution in [1.29, 1.82) is 0 Å². The minimum atomic E-state index is -0.274. The van der Waals surface area contributed by atoms with Crippen LogP contribution in [0.25, 0.3) is 0 Å². The molecule has 0 spiro atoms. The van der Waals surface area contributed by atoms with Gasteiger partial charge in [-0.1, -0.05) is 26.0 Å². The fraction of sp³-hybridized carbons (Fsp3) is 0.421. The Labute approximate surface area is 152 Å². The molecule has 3 N–H and O–H groups in total. The third-order valence-electron chi connectivity index (χ3n) is 4.16. The van der Waals surface area contributed by atoms with E-state index in [-0.39, 0.29) is 23.6 Å². The summed E-state index contributed by atoms with van der Waals surface area (Å²) >= 11 is 0. The monoisotopic (exact) mass is 356 g/mol. The van der Waals surface area contributed by atoms with Crippen LogP contribution < -0.4 is 20.5 Å². The van der Waals surface area contributed by atoms with Crippen molar-refractivity contribution in [2.45, 2.75) is 32.7 Å².